The van der Waals surface area contributed by atoms with Crippen LogP contribution in [0.5, 0.6) is 0 Å². The molecule has 1 amide bonds. The van der Waals surface area contributed by atoms with Crippen molar-refractivity contribution in [3.63, 3.8) is 0 Å². The van der Waals surface area contributed by atoms with Crippen LogP contribution in [-0.4, -0.2) is 66.5 Å². The van der Waals surface area contributed by atoms with Crippen LogP contribution in [0.3, 0.4) is 0 Å². The van der Waals surface area contributed by atoms with Crippen LogP contribution < -0.4 is 0 Å². The Morgan fingerprint density at radius 1 is 1.36 bits per heavy atom. The number of carbonyl (C=O) groups excluding carboxylic acids is 1. The summed E-state index contributed by atoms with van der Waals surface area (Å²) in [6.45, 7) is 3.71. The Kier molecular flexibility index (Phi) is 5.06. The van der Waals surface area contributed by atoms with Crippen molar-refractivity contribution in [2.45, 2.75) is 32.2 Å². The summed E-state index contributed by atoms with van der Waals surface area (Å²) in [7, 11) is 1.57. The van der Waals surface area contributed by atoms with Crippen LogP contribution >= 0.6 is 0 Å². The summed E-state index contributed by atoms with van der Waals surface area (Å²) in [5.41, 5.74) is 0.778. The number of pyridine rings is 1. The summed E-state index contributed by atoms with van der Waals surface area (Å²) in [6.07, 6.45) is 1.79. The molecule has 1 spiro atoms. The molecule has 0 unspecified atom stereocenters. The van der Waals surface area contributed by atoms with Crippen molar-refractivity contribution < 1.29 is 18.3 Å². The second kappa shape index (κ2) is 6.96. The van der Waals surface area contributed by atoms with Crippen molar-refractivity contribution in [3.8, 4) is 0 Å². The Bertz CT molecular complexity index is 641. The van der Waals surface area contributed by atoms with Gasteiger partial charge in [0.15, 0.2) is 0 Å². The molecule has 1 aromatic heterocycles. The number of halogens is 2. The van der Waals surface area contributed by atoms with E-state index in [4.69, 9.17) is 4.74 Å². The van der Waals surface area contributed by atoms with E-state index >= 15 is 0 Å². The van der Waals surface area contributed by atoms with Gasteiger partial charge in [0.2, 0.25) is 5.91 Å². The van der Waals surface area contributed by atoms with Crippen LogP contribution in [0.1, 0.15) is 24.1 Å². The highest BCUT2D eigenvalue weighted by Gasteiger charge is 2.56. The van der Waals surface area contributed by atoms with Gasteiger partial charge in [0.25, 0.3) is 5.92 Å². The Hall–Kier alpha value is -1.60. The molecule has 0 radical (unpaired) electrons. The predicted octanol–water partition coefficient (Wildman–Crippen LogP) is 2.10. The standard InChI is InChI=1S/C18H25F2N3O2/c1-14-4-3-6-21-15(14)10-22-12-17(11-18(19,20)13-22)5-7-23(16(17)24)8-9-25-2/h3-4,6H,5,7-13H2,1-2H3/t17-/m1/s1. The van der Waals surface area contributed by atoms with Crippen LogP contribution in [0.15, 0.2) is 18.3 Å². The number of amides is 1. The second-order valence-corrected chi connectivity index (χ2v) is 7.26. The lowest BCUT2D eigenvalue weighted by Crippen LogP contribution is -2.55. The molecule has 0 N–H and O–H groups in total. The third-order valence-corrected chi connectivity index (χ3v) is 5.24. The van der Waals surface area contributed by atoms with Crippen LogP contribution in [0.2, 0.25) is 0 Å². The number of aromatic nitrogens is 1. The number of hydrogen-bond donors (Lipinski definition) is 0. The summed E-state index contributed by atoms with van der Waals surface area (Å²) < 4.78 is 33.9. The van der Waals surface area contributed by atoms with Crippen LogP contribution in [0.4, 0.5) is 8.78 Å². The minimum Gasteiger partial charge on any atom is -0.383 e. The minimum atomic E-state index is -2.87. The number of piperidine rings is 1. The zero-order chi connectivity index (χ0) is 18.1. The summed E-state index contributed by atoms with van der Waals surface area (Å²) in [5, 5.41) is 0. The maximum Gasteiger partial charge on any atom is 0.261 e. The molecule has 3 heterocycles. The minimum absolute atomic E-state index is 0.160. The van der Waals surface area contributed by atoms with Crippen molar-refractivity contribution in [2.24, 2.45) is 5.41 Å². The van der Waals surface area contributed by atoms with Gasteiger partial charge in [0.05, 0.1) is 24.3 Å². The molecule has 138 valence electrons. The summed E-state index contributed by atoms with van der Waals surface area (Å²) in [6, 6.07) is 3.76. The second-order valence-electron chi connectivity index (χ2n) is 7.26. The number of nitrogens with zero attached hydrogens (tertiary/aromatic N) is 3. The zero-order valence-electron chi connectivity index (χ0n) is 14.8. The summed E-state index contributed by atoms with van der Waals surface area (Å²) in [4.78, 5) is 20.5. The molecule has 0 aromatic carbocycles. The third kappa shape index (κ3) is 3.82. The molecular weight excluding hydrogens is 328 g/mol. The predicted molar refractivity (Wildman–Crippen MR) is 89.3 cm³/mol. The maximum absolute atomic E-state index is 14.4. The van der Waals surface area contributed by atoms with Gasteiger partial charge in [-0.15, -0.1) is 0 Å². The molecule has 0 saturated carbocycles. The molecule has 2 saturated heterocycles. The number of ether oxygens (including phenoxy) is 1. The number of aryl methyl sites for hydroxylation is 1. The number of hydrogen-bond acceptors (Lipinski definition) is 4. The van der Waals surface area contributed by atoms with E-state index in [1.165, 1.54) is 0 Å². The molecular formula is C18H25F2N3O2. The molecule has 2 aliphatic rings. The highest BCUT2D eigenvalue weighted by molar-refractivity contribution is 5.85. The molecule has 7 heteroatoms. The zero-order valence-corrected chi connectivity index (χ0v) is 14.8. The SMILES string of the molecule is COCCN1CC[C@@]2(CN(Cc3ncccc3C)CC(F)(F)C2)C1=O. The van der Waals surface area contributed by atoms with Gasteiger partial charge in [0.1, 0.15) is 0 Å². The highest BCUT2D eigenvalue weighted by atomic mass is 19.3. The van der Waals surface area contributed by atoms with Crippen LogP contribution in [-0.2, 0) is 16.1 Å². The first-order chi connectivity index (χ1) is 11.9. The topological polar surface area (TPSA) is 45.7 Å². The van der Waals surface area contributed by atoms with E-state index in [1.807, 2.05) is 19.1 Å². The first-order valence-electron chi connectivity index (χ1n) is 8.64. The molecule has 5 nitrogen and oxygen atoms in total. The average molecular weight is 353 g/mol. The van der Waals surface area contributed by atoms with E-state index in [2.05, 4.69) is 4.98 Å². The van der Waals surface area contributed by atoms with Gasteiger partial charge in [0, 0.05) is 45.9 Å². The van der Waals surface area contributed by atoms with Crippen molar-refractivity contribution in [3.05, 3.63) is 29.6 Å². The Morgan fingerprint density at radius 3 is 2.88 bits per heavy atom. The van der Waals surface area contributed by atoms with E-state index in [9.17, 15) is 13.6 Å². The largest absolute Gasteiger partial charge is 0.383 e. The Balaban J connectivity index is 1.77. The van der Waals surface area contributed by atoms with E-state index in [-0.39, 0.29) is 18.9 Å². The molecule has 1 atom stereocenters. The summed E-state index contributed by atoms with van der Waals surface area (Å²) >= 11 is 0. The Labute approximate surface area is 147 Å². The summed E-state index contributed by atoms with van der Waals surface area (Å²) in [5.74, 6) is -3.03. The number of likely N-dealkylation sites (tertiary alicyclic amines) is 2. The number of alkyl halides is 2. The lowest BCUT2D eigenvalue weighted by Gasteiger charge is -2.42. The van der Waals surface area contributed by atoms with E-state index < -0.39 is 11.3 Å². The molecule has 25 heavy (non-hydrogen) atoms. The number of carbonyl (C=O) groups is 1. The first kappa shape index (κ1) is 18.2. The molecule has 2 fully saturated rings. The first-order valence-corrected chi connectivity index (χ1v) is 8.64. The lowest BCUT2D eigenvalue weighted by molar-refractivity contribution is -0.155. The fourth-order valence-electron chi connectivity index (χ4n) is 4.04. The molecule has 0 aliphatic carbocycles. The molecule has 1 aromatic rings. The highest BCUT2D eigenvalue weighted by Crippen LogP contribution is 2.45. The van der Waals surface area contributed by atoms with Gasteiger partial charge < -0.3 is 9.64 Å². The monoisotopic (exact) mass is 353 g/mol. The van der Waals surface area contributed by atoms with E-state index in [0.29, 0.717) is 39.2 Å². The van der Waals surface area contributed by atoms with Crippen LogP contribution in [0.25, 0.3) is 0 Å². The van der Waals surface area contributed by atoms with Crippen molar-refractivity contribution in [2.75, 3.05) is 39.9 Å². The van der Waals surface area contributed by atoms with Crippen molar-refractivity contribution >= 4 is 5.91 Å². The van der Waals surface area contributed by atoms with Gasteiger partial charge in [-0.3, -0.25) is 14.7 Å². The Morgan fingerprint density at radius 2 is 2.16 bits per heavy atom. The smallest absolute Gasteiger partial charge is 0.261 e. The van der Waals surface area contributed by atoms with Crippen LogP contribution in [0, 0.1) is 12.3 Å². The number of rotatable bonds is 5. The fraction of sp³-hybridized carbons (Fsp3) is 0.667. The normalized spacial score (nSPS) is 26.6. The van der Waals surface area contributed by atoms with Gasteiger partial charge in [-0.05, 0) is 25.0 Å². The molecule has 0 bridgehead atoms. The van der Waals surface area contributed by atoms with Gasteiger partial charge in [-0.2, -0.15) is 0 Å². The van der Waals surface area contributed by atoms with Gasteiger partial charge in [-0.1, -0.05) is 6.07 Å². The van der Waals surface area contributed by atoms with E-state index in [1.54, 1.807) is 23.1 Å². The fourth-order valence-corrected chi connectivity index (χ4v) is 4.04. The maximum atomic E-state index is 14.4. The quantitative estimate of drug-likeness (QED) is 0.813. The molecule has 2 aliphatic heterocycles. The lowest BCUT2D eigenvalue weighted by atomic mass is 9.77. The number of methoxy groups -OCH3 is 1. The average Bonchev–Trinajstić information content (AvgIpc) is 2.82. The van der Waals surface area contributed by atoms with Gasteiger partial charge in [-0.25, -0.2) is 8.78 Å². The van der Waals surface area contributed by atoms with Crippen molar-refractivity contribution in [1.29, 1.82) is 0 Å². The van der Waals surface area contributed by atoms with E-state index in [0.717, 1.165) is 11.3 Å². The van der Waals surface area contributed by atoms with Crippen molar-refractivity contribution in [1.82, 2.24) is 14.8 Å². The van der Waals surface area contributed by atoms with Gasteiger partial charge >= 0.3 is 0 Å². The molecule has 3 rings (SSSR count). The third-order valence-electron chi connectivity index (χ3n) is 5.24.